The van der Waals surface area contributed by atoms with Crippen molar-refractivity contribution in [3.05, 3.63) is 58.1 Å². The van der Waals surface area contributed by atoms with Gasteiger partial charge >= 0.3 is 5.69 Å². The average molecular weight is 453 g/mol. The van der Waals surface area contributed by atoms with Crippen LogP contribution in [-0.2, 0) is 11.3 Å². The van der Waals surface area contributed by atoms with E-state index < -0.39 is 5.69 Å². The molecular weight excluding hydrogens is 432 g/mol. The van der Waals surface area contributed by atoms with Gasteiger partial charge in [0.25, 0.3) is 5.89 Å². The largest absolute Gasteiger partial charge is 0.350 e. The van der Waals surface area contributed by atoms with Crippen molar-refractivity contribution in [1.29, 1.82) is 0 Å². The van der Waals surface area contributed by atoms with Gasteiger partial charge in [-0.3, -0.25) is 4.79 Å². The van der Waals surface area contributed by atoms with Gasteiger partial charge in [-0.2, -0.15) is 4.98 Å². The van der Waals surface area contributed by atoms with Crippen LogP contribution < -0.4 is 5.69 Å². The number of piperidine rings is 1. The van der Waals surface area contributed by atoms with E-state index in [0.717, 1.165) is 24.8 Å². The third kappa shape index (κ3) is 3.69. The van der Waals surface area contributed by atoms with Crippen LogP contribution in [0.4, 0.5) is 0 Å². The highest BCUT2D eigenvalue weighted by Gasteiger charge is 2.25. The second-order valence-electron chi connectivity index (χ2n) is 7.92. The third-order valence-electron chi connectivity index (χ3n) is 5.78. The fourth-order valence-electron chi connectivity index (χ4n) is 4.04. The number of rotatable bonds is 4. The number of hydrogen-bond acceptors (Lipinski definition) is 6. The minimum atomic E-state index is -0.391. The summed E-state index contributed by atoms with van der Waals surface area (Å²) >= 11 is 5.94. The van der Waals surface area contributed by atoms with E-state index in [1.54, 1.807) is 42.6 Å². The van der Waals surface area contributed by atoms with Gasteiger partial charge in [0.05, 0.1) is 5.56 Å². The first-order valence-corrected chi connectivity index (χ1v) is 10.9. The van der Waals surface area contributed by atoms with E-state index in [-0.39, 0.29) is 24.4 Å². The molecule has 9 nitrogen and oxygen atoms in total. The molecule has 0 aliphatic carbocycles. The quantitative estimate of drug-likeness (QED) is 0.471. The molecule has 10 heteroatoms. The molecule has 1 aliphatic heterocycles. The highest BCUT2D eigenvalue weighted by molar-refractivity contribution is 6.30. The molecule has 1 saturated heterocycles. The van der Waals surface area contributed by atoms with Crippen molar-refractivity contribution < 1.29 is 9.32 Å². The number of pyridine rings is 1. The lowest BCUT2D eigenvalue weighted by Gasteiger charge is -2.33. The summed E-state index contributed by atoms with van der Waals surface area (Å²) in [5.41, 5.74) is 1.22. The molecule has 0 radical (unpaired) electrons. The lowest BCUT2D eigenvalue weighted by atomic mass is 10.0. The maximum atomic E-state index is 12.9. The fourth-order valence-corrected chi connectivity index (χ4v) is 4.17. The molecule has 4 aromatic rings. The van der Waals surface area contributed by atoms with Gasteiger partial charge in [0, 0.05) is 29.4 Å². The Bertz CT molecular complexity index is 1340. The Morgan fingerprint density at radius 1 is 1.22 bits per heavy atom. The maximum absolute atomic E-state index is 12.9. The number of carbonyl (C=O) groups excluding carboxylic acids is 1. The molecule has 1 fully saturated rings. The second kappa shape index (κ2) is 8.23. The molecule has 5 rings (SSSR count). The number of likely N-dealkylation sites (tertiary alicyclic amines) is 1. The van der Waals surface area contributed by atoms with Gasteiger partial charge in [0.15, 0.2) is 5.65 Å². The van der Waals surface area contributed by atoms with Crippen LogP contribution in [0, 0.1) is 0 Å². The van der Waals surface area contributed by atoms with E-state index >= 15 is 0 Å². The molecule has 32 heavy (non-hydrogen) atoms. The monoisotopic (exact) mass is 452 g/mol. The van der Waals surface area contributed by atoms with Gasteiger partial charge in [-0.15, -0.1) is 5.10 Å². The highest BCUT2D eigenvalue weighted by atomic mass is 35.5. The van der Waals surface area contributed by atoms with Gasteiger partial charge in [-0.1, -0.05) is 16.8 Å². The molecule has 0 spiro atoms. The van der Waals surface area contributed by atoms with Crippen LogP contribution in [0.3, 0.4) is 0 Å². The van der Waals surface area contributed by atoms with Crippen LogP contribution in [0.5, 0.6) is 0 Å². The molecule has 0 saturated carbocycles. The SMILES string of the molecule is C[C@H]1CCCCN1C(=O)Cn1nc2c(-c3nc(-c4ccc(Cl)cc4)no3)cccn2c1=O. The van der Waals surface area contributed by atoms with Crippen LogP contribution in [0.25, 0.3) is 28.5 Å². The molecule has 4 heterocycles. The third-order valence-corrected chi connectivity index (χ3v) is 6.03. The summed E-state index contributed by atoms with van der Waals surface area (Å²) in [6.07, 6.45) is 4.68. The zero-order chi connectivity index (χ0) is 22.2. The standard InChI is InChI=1S/C22H21ClN6O3/c1-14-5-2-3-11-27(14)18(30)13-29-22(31)28-12-4-6-17(20(28)25-29)21-24-19(26-32-21)15-7-9-16(23)10-8-15/h4,6-10,12,14H,2-3,5,11,13H2,1H3/t14-/m0/s1. The van der Waals surface area contributed by atoms with Crippen LogP contribution in [-0.4, -0.2) is 47.7 Å². The molecule has 1 aliphatic rings. The summed E-state index contributed by atoms with van der Waals surface area (Å²) in [7, 11) is 0. The Kier molecular flexibility index (Phi) is 5.26. The Hall–Kier alpha value is -3.46. The first-order chi connectivity index (χ1) is 15.5. The predicted molar refractivity (Wildman–Crippen MR) is 118 cm³/mol. The zero-order valence-corrected chi connectivity index (χ0v) is 18.2. The first kappa shape index (κ1) is 20.4. The molecule has 0 N–H and O–H groups in total. The molecule has 164 valence electrons. The van der Waals surface area contributed by atoms with Crippen molar-refractivity contribution >= 4 is 23.2 Å². The van der Waals surface area contributed by atoms with Crippen LogP contribution in [0.15, 0.2) is 51.9 Å². The van der Waals surface area contributed by atoms with E-state index in [1.165, 1.54) is 9.08 Å². The lowest BCUT2D eigenvalue weighted by molar-refractivity contribution is -0.135. The molecule has 3 aromatic heterocycles. The van der Waals surface area contributed by atoms with Crippen LogP contribution in [0.1, 0.15) is 26.2 Å². The molecular formula is C22H21ClN6O3. The maximum Gasteiger partial charge on any atom is 0.350 e. The topological polar surface area (TPSA) is 98.5 Å². The number of nitrogens with zero attached hydrogens (tertiary/aromatic N) is 6. The van der Waals surface area contributed by atoms with Crippen molar-refractivity contribution in [3.8, 4) is 22.8 Å². The summed E-state index contributed by atoms with van der Waals surface area (Å²) < 4.78 is 8.03. The molecule has 0 unspecified atom stereocenters. The number of halogens is 1. The minimum Gasteiger partial charge on any atom is -0.338 e. The smallest absolute Gasteiger partial charge is 0.338 e. The molecule has 1 amide bonds. The second-order valence-corrected chi connectivity index (χ2v) is 8.35. The summed E-state index contributed by atoms with van der Waals surface area (Å²) in [6, 6.07) is 10.7. The number of carbonyl (C=O) groups is 1. The number of hydrogen-bond donors (Lipinski definition) is 0. The van der Waals surface area contributed by atoms with Gasteiger partial charge in [0.1, 0.15) is 6.54 Å². The summed E-state index contributed by atoms with van der Waals surface area (Å²) in [4.78, 5) is 32.0. The summed E-state index contributed by atoms with van der Waals surface area (Å²) in [5.74, 6) is 0.524. The van der Waals surface area contributed by atoms with E-state index in [0.29, 0.717) is 28.6 Å². The Labute approximate surface area is 188 Å². The van der Waals surface area contributed by atoms with E-state index in [9.17, 15) is 9.59 Å². The first-order valence-electron chi connectivity index (χ1n) is 10.5. The normalized spacial score (nSPS) is 16.6. The van der Waals surface area contributed by atoms with Crippen LogP contribution in [0.2, 0.25) is 5.02 Å². The lowest BCUT2D eigenvalue weighted by Crippen LogP contribution is -2.44. The van der Waals surface area contributed by atoms with Gasteiger partial charge in [-0.05, 0) is 62.6 Å². The molecule has 1 aromatic carbocycles. The Morgan fingerprint density at radius 3 is 2.81 bits per heavy atom. The van der Waals surface area contributed by atoms with Crippen molar-refractivity contribution in [2.24, 2.45) is 0 Å². The number of aromatic nitrogens is 5. The van der Waals surface area contributed by atoms with Crippen LogP contribution >= 0.6 is 11.6 Å². The number of amides is 1. The average Bonchev–Trinajstić information content (AvgIpc) is 3.40. The fraction of sp³-hybridized carbons (Fsp3) is 0.318. The number of benzene rings is 1. The van der Waals surface area contributed by atoms with Crippen molar-refractivity contribution in [2.45, 2.75) is 38.8 Å². The summed E-state index contributed by atoms with van der Waals surface area (Å²) in [5, 5.41) is 9.06. The van der Waals surface area contributed by atoms with Crippen molar-refractivity contribution in [1.82, 2.24) is 29.2 Å². The zero-order valence-electron chi connectivity index (χ0n) is 17.4. The van der Waals surface area contributed by atoms with Gasteiger partial charge in [0.2, 0.25) is 11.7 Å². The predicted octanol–water partition coefficient (Wildman–Crippen LogP) is 3.27. The Morgan fingerprint density at radius 2 is 2.03 bits per heavy atom. The van der Waals surface area contributed by atoms with Crippen molar-refractivity contribution in [3.63, 3.8) is 0 Å². The van der Waals surface area contributed by atoms with E-state index in [4.69, 9.17) is 16.1 Å². The Balaban J connectivity index is 1.47. The van der Waals surface area contributed by atoms with Gasteiger partial charge in [-0.25, -0.2) is 13.9 Å². The minimum absolute atomic E-state index is 0.105. The number of fused-ring (bicyclic) bond motifs is 1. The summed E-state index contributed by atoms with van der Waals surface area (Å²) in [6.45, 7) is 2.64. The van der Waals surface area contributed by atoms with E-state index in [1.807, 2.05) is 11.8 Å². The van der Waals surface area contributed by atoms with Gasteiger partial charge < -0.3 is 9.42 Å². The van der Waals surface area contributed by atoms with E-state index in [2.05, 4.69) is 15.2 Å². The molecule has 1 atom stereocenters. The molecule has 0 bridgehead atoms. The van der Waals surface area contributed by atoms with Crippen molar-refractivity contribution in [2.75, 3.05) is 6.54 Å². The highest BCUT2D eigenvalue weighted by Crippen LogP contribution is 2.25.